The van der Waals surface area contributed by atoms with E-state index in [0.29, 0.717) is 12.1 Å². The second-order valence-corrected chi connectivity index (χ2v) is 7.26. The molecule has 2 aliphatic rings. The van der Waals surface area contributed by atoms with Gasteiger partial charge < -0.3 is 9.64 Å². The molecular weight excluding hydrogens is 356 g/mol. The summed E-state index contributed by atoms with van der Waals surface area (Å²) in [5.41, 5.74) is 1.80. The average molecular weight is 380 g/mol. The van der Waals surface area contributed by atoms with Gasteiger partial charge in [-0.3, -0.25) is 0 Å². The van der Waals surface area contributed by atoms with Crippen LogP contribution in [-0.4, -0.2) is 30.1 Å². The monoisotopic (exact) mass is 379 g/mol. The second kappa shape index (κ2) is 8.03. The summed E-state index contributed by atoms with van der Waals surface area (Å²) in [5, 5.41) is 0. The van der Waals surface area contributed by atoms with Gasteiger partial charge in [-0.25, -0.2) is 8.78 Å². The van der Waals surface area contributed by atoms with Crippen LogP contribution in [0, 0.1) is 11.6 Å². The Morgan fingerprint density at radius 2 is 1.27 bits per heavy atom. The fourth-order valence-corrected chi connectivity index (χ4v) is 4.29. The quantitative estimate of drug-likeness (QED) is 0.731. The largest absolute Gasteiger partial charge is 0.365 e. The third kappa shape index (κ3) is 3.93. The number of rotatable bonds is 4. The van der Waals surface area contributed by atoms with E-state index in [0.717, 1.165) is 24.0 Å². The van der Waals surface area contributed by atoms with E-state index in [4.69, 9.17) is 4.74 Å². The Bertz CT molecular complexity index is 662. The maximum absolute atomic E-state index is 13.3. The number of fused-ring (bicyclic) bond motifs is 2. The Labute approximate surface area is 159 Å². The summed E-state index contributed by atoms with van der Waals surface area (Å²) in [6.45, 7) is 0. The Kier molecular flexibility index (Phi) is 5.96. The molecule has 0 amide bonds. The van der Waals surface area contributed by atoms with E-state index in [1.807, 2.05) is 0 Å². The van der Waals surface area contributed by atoms with E-state index in [1.54, 1.807) is 24.3 Å². The summed E-state index contributed by atoms with van der Waals surface area (Å²) in [5.74, 6) is -0.530. The third-order valence-corrected chi connectivity index (χ3v) is 5.73. The highest BCUT2D eigenvalue weighted by atomic mass is 35.5. The number of hydrogen-bond donors (Lipinski definition) is 0. The Morgan fingerprint density at radius 1 is 0.846 bits per heavy atom. The standard InChI is InChI=1S/C21H23F2NO.ClH/c1-24-18-10-11-19(24)13-20(12-18)25-21(14-2-6-16(22)7-3-14)15-4-8-17(23)9-5-15;/h2-9,18-21H,10-13H2,1H3;1H/t18-,19+,20+;. The lowest BCUT2D eigenvalue weighted by Gasteiger charge is -2.38. The molecule has 3 atom stereocenters. The molecule has 0 aromatic heterocycles. The highest BCUT2D eigenvalue weighted by Crippen LogP contribution is 2.38. The van der Waals surface area contributed by atoms with Crippen LogP contribution in [-0.2, 0) is 4.74 Å². The van der Waals surface area contributed by atoms with Gasteiger partial charge in [0.25, 0.3) is 0 Å². The first-order chi connectivity index (χ1) is 12.1. The lowest BCUT2D eigenvalue weighted by atomic mass is 9.97. The molecule has 140 valence electrons. The number of piperidine rings is 1. The maximum Gasteiger partial charge on any atom is 0.123 e. The molecule has 2 heterocycles. The molecule has 5 heteroatoms. The summed E-state index contributed by atoms with van der Waals surface area (Å²) in [4.78, 5) is 2.48. The molecule has 2 aliphatic heterocycles. The molecule has 4 rings (SSSR count). The highest BCUT2D eigenvalue weighted by Gasteiger charge is 2.39. The fourth-order valence-electron chi connectivity index (χ4n) is 4.29. The van der Waals surface area contributed by atoms with Gasteiger partial charge in [0.05, 0.1) is 6.10 Å². The molecule has 0 radical (unpaired) electrons. The maximum atomic E-state index is 13.3. The van der Waals surface area contributed by atoms with Crippen LogP contribution >= 0.6 is 12.4 Å². The van der Waals surface area contributed by atoms with Crippen molar-refractivity contribution in [2.45, 2.75) is 50.0 Å². The van der Waals surface area contributed by atoms with Gasteiger partial charge in [-0.2, -0.15) is 0 Å². The summed E-state index contributed by atoms with van der Waals surface area (Å²) < 4.78 is 33.1. The zero-order valence-electron chi connectivity index (χ0n) is 14.8. The zero-order valence-corrected chi connectivity index (χ0v) is 15.6. The van der Waals surface area contributed by atoms with Crippen LogP contribution in [0.5, 0.6) is 0 Å². The van der Waals surface area contributed by atoms with Crippen molar-refractivity contribution in [3.8, 4) is 0 Å². The number of nitrogens with zero attached hydrogens (tertiary/aromatic N) is 1. The molecule has 26 heavy (non-hydrogen) atoms. The average Bonchev–Trinajstić information content (AvgIpc) is 2.83. The number of benzene rings is 2. The van der Waals surface area contributed by atoms with Crippen molar-refractivity contribution in [2.75, 3.05) is 7.05 Å². The molecule has 0 saturated carbocycles. The Hall–Kier alpha value is -1.49. The van der Waals surface area contributed by atoms with Gasteiger partial charge in [-0.1, -0.05) is 24.3 Å². The second-order valence-electron chi connectivity index (χ2n) is 7.26. The summed E-state index contributed by atoms with van der Waals surface area (Å²) in [6.07, 6.45) is 4.39. The van der Waals surface area contributed by atoms with E-state index in [-0.39, 0.29) is 36.2 Å². The van der Waals surface area contributed by atoms with Crippen LogP contribution in [0.4, 0.5) is 8.78 Å². The van der Waals surface area contributed by atoms with E-state index in [9.17, 15) is 8.78 Å². The first kappa shape index (κ1) is 19.3. The van der Waals surface area contributed by atoms with Crippen molar-refractivity contribution in [1.82, 2.24) is 4.90 Å². The van der Waals surface area contributed by atoms with Crippen LogP contribution in [0.1, 0.15) is 42.9 Å². The smallest absolute Gasteiger partial charge is 0.123 e. The van der Waals surface area contributed by atoms with E-state index >= 15 is 0 Å². The summed E-state index contributed by atoms with van der Waals surface area (Å²) in [7, 11) is 2.20. The van der Waals surface area contributed by atoms with Crippen LogP contribution in [0.2, 0.25) is 0 Å². The van der Waals surface area contributed by atoms with Crippen LogP contribution in [0.25, 0.3) is 0 Å². The predicted octanol–water partition coefficient (Wildman–Crippen LogP) is 5.12. The molecule has 0 unspecified atom stereocenters. The topological polar surface area (TPSA) is 12.5 Å². The molecule has 2 saturated heterocycles. The van der Waals surface area contributed by atoms with E-state index < -0.39 is 0 Å². The van der Waals surface area contributed by atoms with Crippen molar-refractivity contribution in [2.24, 2.45) is 0 Å². The zero-order chi connectivity index (χ0) is 17.4. The molecular formula is C21H24ClF2NO. The lowest BCUT2D eigenvalue weighted by Crippen LogP contribution is -2.43. The molecule has 2 aromatic rings. The minimum Gasteiger partial charge on any atom is -0.365 e. The predicted molar refractivity (Wildman–Crippen MR) is 101 cm³/mol. The number of hydrogen-bond acceptors (Lipinski definition) is 2. The SMILES string of the molecule is CN1[C@@H]2CC[C@H]1C[C@@H](OC(c1ccc(F)cc1)c1ccc(F)cc1)C2.Cl. The minimum absolute atomic E-state index is 0. The summed E-state index contributed by atoms with van der Waals surface area (Å²) >= 11 is 0. The lowest BCUT2D eigenvalue weighted by molar-refractivity contribution is -0.0426. The van der Waals surface area contributed by atoms with Gasteiger partial charge in [0.15, 0.2) is 0 Å². The van der Waals surface area contributed by atoms with Crippen molar-refractivity contribution in [3.05, 3.63) is 71.3 Å². The normalized spacial score (nSPS) is 25.3. The molecule has 2 bridgehead atoms. The van der Waals surface area contributed by atoms with E-state index in [2.05, 4.69) is 11.9 Å². The number of halogens is 3. The minimum atomic E-state index is -0.297. The van der Waals surface area contributed by atoms with Crippen LogP contribution in [0.15, 0.2) is 48.5 Å². The fraction of sp³-hybridized carbons (Fsp3) is 0.429. The van der Waals surface area contributed by atoms with Gasteiger partial charge in [-0.15, -0.1) is 12.4 Å². The van der Waals surface area contributed by atoms with Crippen molar-refractivity contribution < 1.29 is 13.5 Å². The first-order valence-corrected chi connectivity index (χ1v) is 8.98. The summed E-state index contributed by atoms with van der Waals surface area (Å²) in [6, 6.07) is 14.0. The number of ether oxygens (including phenoxy) is 1. The van der Waals surface area contributed by atoms with Gasteiger partial charge in [0.1, 0.15) is 17.7 Å². The molecule has 2 nitrogen and oxygen atoms in total. The van der Waals surface area contributed by atoms with Crippen molar-refractivity contribution >= 4 is 12.4 Å². The van der Waals surface area contributed by atoms with Crippen LogP contribution < -0.4 is 0 Å². The van der Waals surface area contributed by atoms with E-state index in [1.165, 1.54) is 37.1 Å². The van der Waals surface area contributed by atoms with Crippen LogP contribution in [0.3, 0.4) is 0 Å². The highest BCUT2D eigenvalue weighted by molar-refractivity contribution is 5.85. The molecule has 0 spiro atoms. The Balaban J connectivity index is 0.00000196. The molecule has 0 aliphatic carbocycles. The van der Waals surface area contributed by atoms with Crippen molar-refractivity contribution in [3.63, 3.8) is 0 Å². The first-order valence-electron chi connectivity index (χ1n) is 8.98. The molecule has 0 N–H and O–H groups in total. The molecule has 2 fully saturated rings. The van der Waals surface area contributed by atoms with Gasteiger partial charge >= 0.3 is 0 Å². The Morgan fingerprint density at radius 3 is 1.69 bits per heavy atom. The van der Waals surface area contributed by atoms with Crippen molar-refractivity contribution in [1.29, 1.82) is 0 Å². The molecule has 2 aromatic carbocycles. The third-order valence-electron chi connectivity index (χ3n) is 5.73. The van der Waals surface area contributed by atoms with Gasteiger partial charge in [0.2, 0.25) is 0 Å². The van der Waals surface area contributed by atoms with Gasteiger partial charge in [0, 0.05) is 12.1 Å². The van der Waals surface area contributed by atoms with Gasteiger partial charge in [-0.05, 0) is 68.1 Å².